The minimum absolute atomic E-state index is 0.0882. The van der Waals surface area contributed by atoms with E-state index in [0.29, 0.717) is 65.2 Å². The number of nitrogens with zero attached hydrogens (tertiary/aromatic N) is 3. The molecular formula is C26H24BrN3O6S. The summed E-state index contributed by atoms with van der Waals surface area (Å²) >= 11 is 4.77. The van der Waals surface area contributed by atoms with Gasteiger partial charge in [-0.05, 0) is 46.2 Å². The maximum Gasteiger partial charge on any atom is 0.271 e. The standard InChI is InChI=1S/C26H24BrN3O6S/c1-26(2)13-21-23(25(28-3-5-36-6-4-28)37-24(21)22(31)14-26)17-7-15(9-19(11-17)29(32)33)16-8-18(27)12-20(10-16)30(34)35/h7-12H,3-6,13-14H2,1-2H3. The third kappa shape index (κ3) is 5.03. The molecule has 0 unspecified atom stereocenters. The van der Waals surface area contributed by atoms with Crippen molar-refractivity contribution in [2.24, 2.45) is 5.41 Å². The number of hydrogen-bond acceptors (Lipinski definition) is 8. The molecule has 0 spiro atoms. The van der Waals surface area contributed by atoms with Crippen LogP contribution < -0.4 is 4.90 Å². The number of anilines is 1. The number of ketones is 1. The zero-order valence-corrected chi connectivity index (χ0v) is 22.7. The number of carbonyl (C=O) groups excluding carboxylic acids is 1. The minimum Gasteiger partial charge on any atom is -0.378 e. The summed E-state index contributed by atoms with van der Waals surface area (Å²) in [6, 6.07) is 9.30. The third-order valence-electron chi connectivity index (χ3n) is 6.68. The van der Waals surface area contributed by atoms with Crippen LogP contribution in [0.1, 0.15) is 35.5 Å². The van der Waals surface area contributed by atoms with E-state index in [1.807, 2.05) is 6.07 Å². The van der Waals surface area contributed by atoms with Crippen molar-refractivity contribution in [1.82, 2.24) is 0 Å². The van der Waals surface area contributed by atoms with E-state index >= 15 is 0 Å². The van der Waals surface area contributed by atoms with Crippen molar-refractivity contribution in [2.75, 3.05) is 31.2 Å². The molecule has 37 heavy (non-hydrogen) atoms. The highest BCUT2D eigenvalue weighted by Gasteiger charge is 2.37. The van der Waals surface area contributed by atoms with E-state index in [4.69, 9.17) is 4.74 Å². The predicted molar refractivity (Wildman–Crippen MR) is 146 cm³/mol. The van der Waals surface area contributed by atoms with E-state index in [2.05, 4.69) is 34.7 Å². The largest absolute Gasteiger partial charge is 0.378 e. The van der Waals surface area contributed by atoms with Gasteiger partial charge in [0.15, 0.2) is 5.78 Å². The Kier molecular flexibility index (Phi) is 6.63. The van der Waals surface area contributed by atoms with Crippen molar-refractivity contribution in [3.05, 3.63) is 71.5 Å². The highest BCUT2D eigenvalue weighted by molar-refractivity contribution is 9.10. The summed E-state index contributed by atoms with van der Waals surface area (Å²) in [5.41, 5.74) is 2.86. The summed E-state index contributed by atoms with van der Waals surface area (Å²) in [6.07, 6.45) is 1.12. The molecule has 1 aliphatic carbocycles. The molecular weight excluding hydrogens is 562 g/mol. The molecule has 2 aliphatic rings. The van der Waals surface area contributed by atoms with E-state index in [1.165, 1.54) is 35.6 Å². The minimum atomic E-state index is -0.494. The van der Waals surface area contributed by atoms with Crippen LogP contribution in [0, 0.1) is 25.6 Å². The van der Waals surface area contributed by atoms with Gasteiger partial charge in [0.05, 0.1) is 32.9 Å². The lowest BCUT2D eigenvalue weighted by Gasteiger charge is -2.30. The van der Waals surface area contributed by atoms with Crippen molar-refractivity contribution in [3.63, 3.8) is 0 Å². The van der Waals surface area contributed by atoms with Gasteiger partial charge in [0.1, 0.15) is 0 Å². The Morgan fingerprint density at radius 3 is 2.16 bits per heavy atom. The molecule has 1 saturated heterocycles. The van der Waals surface area contributed by atoms with Crippen LogP contribution in [0.2, 0.25) is 0 Å². The number of rotatable bonds is 5. The molecule has 1 fully saturated rings. The maximum atomic E-state index is 13.2. The normalized spacial score (nSPS) is 16.9. The Bertz CT molecular complexity index is 1440. The number of nitro groups is 2. The molecule has 1 aromatic heterocycles. The van der Waals surface area contributed by atoms with Gasteiger partial charge >= 0.3 is 0 Å². The number of thiophene rings is 1. The van der Waals surface area contributed by atoms with Gasteiger partial charge in [-0.2, -0.15) is 0 Å². The second-order valence-electron chi connectivity index (χ2n) is 10.1. The number of hydrogen-bond donors (Lipinski definition) is 0. The first-order chi connectivity index (χ1) is 17.5. The van der Waals surface area contributed by atoms with Crippen LogP contribution in [0.15, 0.2) is 40.9 Å². The van der Waals surface area contributed by atoms with Gasteiger partial charge in [-0.1, -0.05) is 29.8 Å². The van der Waals surface area contributed by atoms with Crippen LogP contribution >= 0.6 is 27.3 Å². The third-order valence-corrected chi connectivity index (χ3v) is 8.47. The molecule has 192 valence electrons. The van der Waals surface area contributed by atoms with E-state index in [9.17, 15) is 25.0 Å². The molecule has 5 rings (SSSR count). The number of carbonyl (C=O) groups is 1. The SMILES string of the molecule is CC1(C)CC(=O)c2sc(N3CCOCC3)c(-c3cc(-c4cc(Br)cc([N+](=O)[O-])c4)cc([N+](=O)[O-])c3)c2C1. The Morgan fingerprint density at radius 2 is 1.51 bits per heavy atom. The van der Waals surface area contributed by atoms with Gasteiger partial charge < -0.3 is 9.64 Å². The van der Waals surface area contributed by atoms with Gasteiger partial charge in [0, 0.05) is 53.8 Å². The van der Waals surface area contributed by atoms with Crippen LogP contribution in [0.3, 0.4) is 0 Å². The lowest BCUT2D eigenvalue weighted by Crippen LogP contribution is -2.36. The monoisotopic (exact) mass is 585 g/mol. The Morgan fingerprint density at radius 1 is 0.919 bits per heavy atom. The lowest BCUT2D eigenvalue weighted by molar-refractivity contribution is -0.385. The first-order valence-electron chi connectivity index (χ1n) is 11.8. The molecule has 2 aromatic carbocycles. The number of halogens is 1. The molecule has 0 atom stereocenters. The average molecular weight is 586 g/mol. The fraction of sp³-hybridized carbons (Fsp3) is 0.346. The molecule has 0 radical (unpaired) electrons. The zero-order chi connectivity index (χ0) is 26.5. The van der Waals surface area contributed by atoms with Crippen molar-refractivity contribution < 1.29 is 19.4 Å². The van der Waals surface area contributed by atoms with Crippen LogP contribution in [0.5, 0.6) is 0 Å². The molecule has 11 heteroatoms. The van der Waals surface area contributed by atoms with Gasteiger partial charge in [-0.3, -0.25) is 25.0 Å². The summed E-state index contributed by atoms with van der Waals surface area (Å²) < 4.78 is 6.04. The summed E-state index contributed by atoms with van der Waals surface area (Å²) in [5, 5.41) is 24.4. The fourth-order valence-corrected chi connectivity index (χ4v) is 6.88. The number of morpholine rings is 1. The molecule has 2 heterocycles. The molecule has 0 amide bonds. The van der Waals surface area contributed by atoms with Gasteiger partial charge in [0.2, 0.25) is 0 Å². The zero-order valence-electron chi connectivity index (χ0n) is 20.3. The highest BCUT2D eigenvalue weighted by Crippen LogP contribution is 2.50. The summed E-state index contributed by atoms with van der Waals surface area (Å²) in [4.78, 5) is 38.6. The predicted octanol–water partition coefficient (Wildman–Crippen LogP) is 6.65. The van der Waals surface area contributed by atoms with Crippen LogP contribution in [-0.2, 0) is 11.2 Å². The molecule has 0 bridgehead atoms. The first kappa shape index (κ1) is 25.5. The van der Waals surface area contributed by atoms with E-state index in [0.717, 1.165) is 16.1 Å². The Labute approximate surface area is 225 Å². The average Bonchev–Trinajstić information content (AvgIpc) is 3.22. The van der Waals surface area contributed by atoms with Crippen LogP contribution in [0.4, 0.5) is 16.4 Å². The Balaban J connectivity index is 1.76. The summed E-state index contributed by atoms with van der Waals surface area (Å²) in [6.45, 7) is 6.55. The molecule has 3 aromatic rings. The number of fused-ring (bicyclic) bond motifs is 1. The molecule has 1 aliphatic heterocycles. The fourth-order valence-electron chi connectivity index (χ4n) is 5.06. The van der Waals surface area contributed by atoms with Crippen molar-refractivity contribution >= 4 is 49.4 Å². The van der Waals surface area contributed by atoms with E-state index in [-0.39, 0.29) is 22.6 Å². The first-order valence-corrected chi connectivity index (χ1v) is 13.4. The number of non-ortho nitro benzene ring substituents is 2. The maximum absolute atomic E-state index is 13.2. The smallest absolute Gasteiger partial charge is 0.271 e. The number of benzene rings is 2. The number of ether oxygens (including phenoxy) is 1. The molecule has 0 N–H and O–H groups in total. The molecule has 0 saturated carbocycles. The van der Waals surface area contributed by atoms with Gasteiger partial charge in [0.25, 0.3) is 11.4 Å². The van der Waals surface area contributed by atoms with E-state index < -0.39 is 9.85 Å². The number of Topliss-reactive ketones (excluding diaryl/α,β-unsaturated/α-hetero) is 1. The van der Waals surface area contributed by atoms with E-state index in [1.54, 1.807) is 6.07 Å². The Hall–Kier alpha value is -3.15. The summed E-state index contributed by atoms with van der Waals surface area (Å²) in [5.74, 6) is 0.0882. The van der Waals surface area contributed by atoms with Crippen molar-refractivity contribution in [3.8, 4) is 22.3 Å². The second kappa shape index (κ2) is 9.62. The topological polar surface area (TPSA) is 116 Å². The molecule has 9 nitrogen and oxygen atoms in total. The quantitative estimate of drug-likeness (QED) is 0.243. The van der Waals surface area contributed by atoms with Crippen molar-refractivity contribution in [2.45, 2.75) is 26.7 Å². The van der Waals surface area contributed by atoms with Crippen LogP contribution in [-0.4, -0.2) is 41.9 Å². The number of nitro benzene ring substituents is 2. The van der Waals surface area contributed by atoms with Crippen LogP contribution in [0.25, 0.3) is 22.3 Å². The second-order valence-corrected chi connectivity index (χ2v) is 12.0. The summed E-state index contributed by atoms with van der Waals surface area (Å²) in [7, 11) is 0. The van der Waals surface area contributed by atoms with Gasteiger partial charge in [-0.25, -0.2) is 0 Å². The lowest BCUT2D eigenvalue weighted by atomic mass is 9.75. The van der Waals surface area contributed by atoms with Crippen molar-refractivity contribution in [1.29, 1.82) is 0 Å². The van der Waals surface area contributed by atoms with Gasteiger partial charge in [-0.15, -0.1) is 11.3 Å². The highest BCUT2D eigenvalue weighted by atomic mass is 79.9.